The zero-order valence-electron chi connectivity index (χ0n) is 10.8. The molecule has 2 heterocycles. The predicted molar refractivity (Wildman–Crippen MR) is 66.6 cm³/mol. The third-order valence-corrected chi connectivity index (χ3v) is 3.48. The summed E-state index contributed by atoms with van der Waals surface area (Å²) in [5, 5.41) is 10.5. The van der Waals surface area contributed by atoms with Gasteiger partial charge in [0, 0.05) is 6.07 Å². The van der Waals surface area contributed by atoms with Gasteiger partial charge in [-0.1, -0.05) is 0 Å². The molecule has 0 bridgehead atoms. The Morgan fingerprint density at radius 3 is 2.17 bits per heavy atom. The van der Waals surface area contributed by atoms with Crippen LogP contribution in [-0.4, -0.2) is 28.2 Å². The summed E-state index contributed by atoms with van der Waals surface area (Å²) in [5.74, 6) is 0. The highest BCUT2D eigenvalue weighted by atomic mass is 16.7. The first-order chi connectivity index (χ1) is 8.23. The van der Waals surface area contributed by atoms with Gasteiger partial charge in [-0.05, 0) is 33.8 Å². The molecule has 0 amide bonds. The highest BCUT2D eigenvalue weighted by Gasteiger charge is 2.52. The van der Waals surface area contributed by atoms with Crippen molar-refractivity contribution < 1.29 is 14.2 Å². The second-order valence-corrected chi connectivity index (χ2v) is 5.29. The Bertz CT molecular complexity index is 456. The molecule has 1 aliphatic rings. The quantitative estimate of drug-likeness (QED) is 0.449. The number of hydrogen-bond donors (Lipinski definition) is 0. The van der Waals surface area contributed by atoms with Crippen LogP contribution in [0.3, 0.4) is 0 Å². The molecule has 18 heavy (non-hydrogen) atoms. The van der Waals surface area contributed by atoms with Crippen molar-refractivity contribution in [2.24, 2.45) is 0 Å². The van der Waals surface area contributed by atoms with Gasteiger partial charge in [0.2, 0.25) is 0 Å². The Morgan fingerprint density at radius 1 is 1.22 bits per heavy atom. The molecule has 0 atom stereocenters. The molecule has 96 valence electrons. The van der Waals surface area contributed by atoms with Gasteiger partial charge in [-0.3, -0.25) is 15.1 Å². The summed E-state index contributed by atoms with van der Waals surface area (Å²) in [6.07, 6.45) is 1.21. The fourth-order valence-electron chi connectivity index (χ4n) is 1.61. The zero-order chi connectivity index (χ0) is 13.6. The van der Waals surface area contributed by atoms with Gasteiger partial charge in [-0.2, -0.15) is 0 Å². The summed E-state index contributed by atoms with van der Waals surface area (Å²) < 4.78 is 11.6. The van der Waals surface area contributed by atoms with Gasteiger partial charge in [0.25, 0.3) is 5.69 Å². The second-order valence-electron chi connectivity index (χ2n) is 5.29. The maximum absolute atomic E-state index is 10.5. The number of nitro groups is 1. The van der Waals surface area contributed by atoms with Crippen LogP contribution in [0.25, 0.3) is 0 Å². The first-order valence-electron chi connectivity index (χ1n) is 5.69. The lowest BCUT2D eigenvalue weighted by molar-refractivity contribution is -0.385. The van der Waals surface area contributed by atoms with Gasteiger partial charge >= 0.3 is 7.12 Å². The maximum Gasteiger partial charge on any atom is 0.514 e. The Hall–Kier alpha value is -1.47. The highest BCUT2D eigenvalue weighted by Crippen LogP contribution is 2.36. The SMILES string of the molecule is CC1(C)OB(c2ccc([N+](=O)[O-])cn2)OC1(C)C. The number of rotatable bonds is 2. The highest BCUT2D eigenvalue weighted by molar-refractivity contribution is 6.61. The Labute approximate surface area is 106 Å². The fourth-order valence-corrected chi connectivity index (χ4v) is 1.61. The minimum Gasteiger partial charge on any atom is -0.398 e. The molecule has 7 heteroatoms. The van der Waals surface area contributed by atoms with Crippen LogP contribution in [0.4, 0.5) is 5.69 Å². The van der Waals surface area contributed by atoms with Crippen molar-refractivity contribution in [1.29, 1.82) is 0 Å². The molecule has 2 rings (SSSR count). The van der Waals surface area contributed by atoms with E-state index in [-0.39, 0.29) is 5.69 Å². The molecule has 1 aromatic heterocycles. The van der Waals surface area contributed by atoms with E-state index in [2.05, 4.69) is 4.98 Å². The lowest BCUT2D eigenvalue weighted by Crippen LogP contribution is -2.41. The van der Waals surface area contributed by atoms with Crippen LogP contribution in [-0.2, 0) is 9.31 Å². The van der Waals surface area contributed by atoms with E-state index in [0.717, 1.165) is 0 Å². The van der Waals surface area contributed by atoms with Crippen LogP contribution in [0.15, 0.2) is 18.3 Å². The lowest BCUT2D eigenvalue weighted by Gasteiger charge is -2.32. The van der Waals surface area contributed by atoms with Gasteiger partial charge in [-0.15, -0.1) is 0 Å². The summed E-state index contributed by atoms with van der Waals surface area (Å²) in [7, 11) is -0.587. The summed E-state index contributed by atoms with van der Waals surface area (Å²) in [6, 6.07) is 2.95. The Kier molecular flexibility index (Phi) is 2.91. The van der Waals surface area contributed by atoms with Crippen molar-refractivity contribution in [2.45, 2.75) is 38.9 Å². The molecule has 0 N–H and O–H groups in total. The van der Waals surface area contributed by atoms with E-state index in [1.165, 1.54) is 12.3 Å². The molecule has 0 unspecified atom stereocenters. The van der Waals surface area contributed by atoms with E-state index in [0.29, 0.717) is 5.59 Å². The third kappa shape index (κ3) is 2.11. The molecular weight excluding hydrogens is 235 g/mol. The molecule has 0 aromatic carbocycles. The number of hydrogen-bond acceptors (Lipinski definition) is 5. The van der Waals surface area contributed by atoms with Gasteiger partial charge in [0.1, 0.15) is 6.20 Å². The van der Waals surface area contributed by atoms with Crippen molar-refractivity contribution in [2.75, 3.05) is 0 Å². The van der Waals surface area contributed by atoms with Crippen molar-refractivity contribution in [3.63, 3.8) is 0 Å². The van der Waals surface area contributed by atoms with Gasteiger partial charge in [-0.25, -0.2) is 0 Å². The minimum absolute atomic E-state index is 0.0460. The summed E-state index contributed by atoms with van der Waals surface area (Å²) in [5.41, 5.74) is -0.392. The molecule has 6 nitrogen and oxygen atoms in total. The molecule has 0 radical (unpaired) electrons. The van der Waals surface area contributed by atoms with Crippen molar-refractivity contribution in [3.05, 3.63) is 28.4 Å². The monoisotopic (exact) mass is 250 g/mol. The molecule has 0 aliphatic carbocycles. The van der Waals surface area contributed by atoms with Crippen LogP contribution >= 0.6 is 0 Å². The molecule has 1 aliphatic heterocycles. The van der Waals surface area contributed by atoms with Crippen LogP contribution in [0.5, 0.6) is 0 Å². The molecular formula is C11H15BN2O4. The minimum atomic E-state index is -0.587. The summed E-state index contributed by atoms with van der Waals surface area (Å²) in [6.45, 7) is 7.77. The third-order valence-electron chi connectivity index (χ3n) is 3.48. The predicted octanol–water partition coefficient (Wildman–Crippen LogP) is 1.29. The van der Waals surface area contributed by atoms with Gasteiger partial charge in [0.15, 0.2) is 0 Å². The van der Waals surface area contributed by atoms with Crippen molar-refractivity contribution in [1.82, 2.24) is 4.98 Å². The average Bonchev–Trinajstić information content (AvgIpc) is 2.48. The van der Waals surface area contributed by atoms with E-state index >= 15 is 0 Å². The first kappa shape index (κ1) is 13.0. The second kappa shape index (κ2) is 4.03. The zero-order valence-corrected chi connectivity index (χ0v) is 10.8. The molecule has 1 aromatic rings. The number of aromatic nitrogens is 1. The molecule has 0 saturated carbocycles. The number of nitrogens with zero attached hydrogens (tertiary/aromatic N) is 2. The van der Waals surface area contributed by atoms with E-state index in [1.54, 1.807) is 6.07 Å². The van der Waals surface area contributed by atoms with Crippen molar-refractivity contribution in [3.8, 4) is 0 Å². The maximum atomic E-state index is 10.5. The average molecular weight is 250 g/mol. The van der Waals surface area contributed by atoms with Crippen molar-refractivity contribution >= 4 is 18.4 Å². The first-order valence-corrected chi connectivity index (χ1v) is 5.69. The summed E-state index contributed by atoms with van der Waals surface area (Å²) in [4.78, 5) is 14.1. The van der Waals surface area contributed by atoms with Crippen LogP contribution in [0, 0.1) is 10.1 Å². The van der Waals surface area contributed by atoms with Gasteiger partial charge < -0.3 is 9.31 Å². The number of pyridine rings is 1. The van der Waals surface area contributed by atoms with Crippen LogP contribution in [0.2, 0.25) is 0 Å². The van der Waals surface area contributed by atoms with E-state index < -0.39 is 23.2 Å². The van der Waals surface area contributed by atoms with Crippen LogP contribution in [0.1, 0.15) is 27.7 Å². The Balaban J connectivity index is 2.22. The molecule has 0 spiro atoms. The molecule has 1 fully saturated rings. The summed E-state index contributed by atoms with van der Waals surface area (Å²) >= 11 is 0. The van der Waals surface area contributed by atoms with E-state index in [1.807, 2.05) is 27.7 Å². The smallest absolute Gasteiger partial charge is 0.398 e. The van der Waals surface area contributed by atoms with Crippen LogP contribution < -0.4 is 5.59 Å². The fraction of sp³-hybridized carbons (Fsp3) is 0.545. The Morgan fingerprint density at radius 2 is 1.78 bits per heavy atom. The largest absolute Gasteiger partial charge is 0.514 e. The normalized spacial score (nSPS) is 21.0. The van der Waals surface area contributed by atoms with E-state index in [4.69, 9.17) is 9.31 Å². The van der Waals surface area contributed by atoms with Gasteiger partial charge in [0.05, 0.1) is 21.7 Å². The topological polar surface area (TPSA) is 74.5 Å². The van der Waals surface area contributed by atoms with E-state index in [9.17, 15) is 10.1 Å². The standard InChI is InChI=1S/C11H15BN2O4/c1-10(2)11(3,4)18-12(17-10)9-6-5-8(7-13-9)14(15)16/h5-7H,1-4H3. The molecule has 1 saturated heterocycles. The lowest BCUT2D eigenvalue weighted by atomic mass is 9.84.